The molecule has 23 valence electrons. The molecule has 0 amide bonds. The molecule has 1 nitrogen and oxygen atoms in total. The third kappa shape index (κ3) is 13.7. The summed E-state index contributed by atoms with van der Waals surface area (Å²) in [6.45, 7) is 0. The van der Waals surface area contributed by atoms with Gasteiger partial charge in [-0.15, -0.1) is 0 Å². The molecule has 0 saturated heterocycles. The van der Waals surface area contributed by atoms with Gasteiger partial charge in [-0.1, -0.05) is 0 Å². The summed E-state index contributed by atoms with van der Waals surface area (Å²) in [5, 5.41) is 0. The van der Waals surface area contributed by atoms with Gasteiger partial charge in [0.15, 0.2) is 0 Å². The monoisotopic (exact) mass is 101 g/mol. The SMILES string of the molecule is [F].[Li].[O]=[Co]. The van der Waals surface area contributed by atoms with Gasteiger partial charge < -0.3 is 0 Å². The standard InChI is InChI=1S/Co.F.Li.O. The zero-order valence-corrected chi connectivity index (χ0v) is 3.16. The van der Waals surface area contributed by atoms with Crippen molar-refractivity contribution in [1.82, 2.24) is 0 Å². The molecule has 0 aliphatic heterocycles. The van der Waals surface area contributed by atoms with Crippen molar-refractivity contribution < 1.29 is 24.2 Å². The van der Waals surface area contributed by atoms with Gasteiger partial charge in [0.2, 0.25) is 0 Å². The molecule has 2 radical (unpaired) electrons. The van der Waals surface area contributed by atoms with Gasteiger partial charge in [-0.3, -0.25) is 0 Å². The summed E-state index contributed by atoms with van der Waals surface area (Å²) in [6, 6.07) is 0. The molecule has 0 aromatic rings. The quantitative estimate of drug-likeness (QED) is 0.390. The molecule has 4 heavy (non-hydrogen) atoms. The Kier molecular flexibility index (Phi) is 234. The van der Waals surface area contributed by atoms with E-state index >= 15 is 0 Å². The second kappa shape index (κ2) is 44.3. The Morgan fingerprint density at radius 1 is 1.25 bits per heavy atom. The molecule has 4 heteroatoms. The van der Waals surface area contributed by atoms with E-state index in [1.54, 1.807) is 0 Å². The van der Waals surface area contributed by atoms with Crippen molar-refractivity contribution in [2.24, 2.45) is 0 Å². The van der Waals surface area contributed by atoms with E-state index in [1.165, 1.54) is 0 Å². The molecule has 0 aliphatic carbocycles. The molecule has 0 fully saturated rings. The molecule has 0 aliphatic rings. The van der Waals surface area contributed by atoms with Gasteiger partial charge in [-0.2, -0.15) is 0 Å². The molecular formula is CoFLiO. The fourth-order valence-electron chi connectivity index (χ4n) is 0. The minimum absolute atomic E-state index is 0. The van der Waals surface area contributed by atoms with E-state index in [9.17, 15) is 0 Å². The van der Waals surface area contributed by atoms with E-state index in [1.807, 2.05) is 0 Å². The van der Waals surface area contributed by atoms with Crippen LogP contribution < -0.4 is 0 Å². The van der Waals surface area contributed by atoms with Crippen molar-refractivity contribution in [3.63, 3.8) is 0 Å². The van der Waals surface area contributed by atoms with Crippen molar-refractivity contribution in [2.75, 3.05) is 0 Å². The fraction of sp³-hybridized carbons (Fsp3) is 0. The van der Waals surface area contributed by atoms with Crippen LogP contribution in [0.15, 0.2) is 0 Å². The van der Waals surface area contributed by atoms with Gasteiger partial charge in [-0.05, 0) is 0 Å². The van der Waals surface area contributed by atoms with E-state index in [4.69, 9.17) is 3.87 Å². The number of hydrogen-bond donors (Lipinski definition) is 0. The van der Waals surface area contributed by atoms with Gasteiger partial charge in [0.25, 0.3) is 0 Å². The molecule has 0 saturated carbocycles. The Labute approximate surface area is 43.5 Å². The molecule has 0 aromatic carbocycles. The van der Waals surface area contributed by atoms with Crippen molar-refractivity contribution in [3.05, 3.63) is 0 Å². The van der Waals surface area contributed by atoms with Crippen molar-refractivity contribution in [2.45, 2.75) is 0 Å². The predicted molar refractivity (Wildman–Crippen MR) is 7.55 cm³/mol. The molecule has 0 N–H and O–H groups in total. The molecule has 0 rings (SSSR count). The van der Waals surface area contributed by atoms with Crippen molar-refractivity contribution >= 4 is 18.9 Å². The number of hydrogen-bond acceptors (Lipinski definition) is 1. The predicted octanol–water partition coefficient (Wildman–Crippen LogP) is -0.0819. The average molecular weight is 101 g/mol. The maximum atomic E-state index is 7.94. The molecule has 0 heterocycles. The van der Waals surface area contributed by atoms with Crippen LogP contribution in [0.5, 0.6) is 0 Å². The topological polar surface area (TPSA) is 17.1 Å². The van der Waals surface area contributed by atoms with Gasteiger partial charge in [-0.25, -0.2) is 0 Å². The summed E-state index contributed by atoms with van der Waals surface area (Å²) in [5.74, 6) is 0. The first-order valence-corrected chi connectivity index (χ1v) is 0.561. The Morgan fingerprint density at radius 2 is 1.25 bits per heavy atom. The first-order chi connectivity index (χ1) is 1.00. The fourth-order valence-corrected chi connectivity index (χ4v) is 0. The Balaban J connectivity index is -0.00000000500. The maximum absolute atomic E-state index is 7.94. The van der Waals surface area contributed by atoms with Crippen molar-refractivity contribution in [1.29, 1.82) is 0 Å². The molecule has 0 bridgehead atoms. The van der Waals surface area contributed by atoms with Crippen LogP contribution in [-0.2, 0) is 19.5 Å². The molecule has 0 unspecified atom stereocenters. The third-order valence-corrected chi connectivity index (χ3v) is 0. The van der Waals surface area contributed by atoms with Gasteiger partial charge >= 0.3 is 19.5 Å². The van der Waals surface area contributed by atoms with Crippen molar-refractivity contribution in [3.8, 4) is 0 Å². The normalized spacial score (nSPS) is 1.25. The molecular weight excluding hydrogens is 101 g/mol. The summed E-state index contributed by atoms with van der Waals surface area (Å²) >= 11 is 2.31. The van der Waals surface area contributed by atoms with E-state index in [-0.39, 0.29) is 23.6 Å². The van der Waals surface area contributed by atoms with Crippen LogP contribution in [0.2, 0.25) is 0 Å². The van der Waals surface area contributed by atoms with Crippen LogP contribution in [0.3, 0.4) is 0 Å². The molecule has 0 aromatic heterocycles. The van der Waals surface area contributed by atoms with Gasteiger partial charge in [0, 0.05) is 23.6 Å². The molecule has 0 spiro atoms. The first kappa shape index (κ1) is 21.1. The summed E-state index contributed by atoms with van der Waals surface area (Å²) < 4.78 is 7.94. The molecule has 0 atom stereocenters. The van der Waals surface area contributed by atoms with E-state index in [0.29, 0.717) is 0 Å². The average Bonchev–Trinajstić information content (AvgIpc) is 1.00. The van der Waals surface area contributed by atoms with E-state index in [0.717, 1.165) is 0 Å². The van der Waals surface area contributed by atoms with E-state index < -0.39 is 0 Å². The first-order valence-electron chi connectivity index (χ1n) is 0.136. The third-order valence-electron chi connectivity index (χ3n) is 0. The van der Waals surface area contributed by atoms with Crippen LogP contribution in [0, 0.1) is 0 Å². The summed E-state index contributed by atoms with van der Waals surface area (Å²) in [4.78, 5) is 0. The van der Waals surface area contributed by atoms with Gasteiger partial charge in [0.1, 0.15) is 0 Å². The van der Waals surface area contributed by atoms with Crippen LogP contribution >= 0.6 is 0 Å². The number of halogens is 1. The zero-order valence-electron chi connectivity index (χ0n) is 2.12. The Hall–Kier alpha value is 0.834. The zero-order chi connectivity index (χ0) is 2.00. The summed E-state index contributed by atoms with van der Waals surface area (Å²) in [6.07, 6.45) is 0. The second-order valence-electron chi connectivity index (χ2n) is 0. The minimum atomic E-state index is 0. The van der Waals surface area contributed by atoms with Crippen LogP contribution in [0.1, 0.15) is 0 Å². The number of rotatable bonds is 0. The van der Waals surface area contributed by atoms with Crippen LogP contribution in [0.4, 0.5) is 4.70 Å². The Bertz CT molecular complexity index is 8.00. The van der Waals surface area contributed by atoms with Crippen LogP contribution in [-0.4, -0.2) is 18.9 Å². The Morgan fingerprint density at radius 3 is 1.25 bits per heavy atom. The summed E-state index contributed by atoms with van der Waals surface area (Å²) in [5.41, 5.74) is 0. The van der Waals surface area contributed by atoms with Gasteiger partial charge in [0.05, 0.1) is 0 Å². The van der Waals surface area contributed by atoms with E-state index in [2.05, 4.69) is 15.7 Å². The summed E-state index contributed by atoms with van der Waals surface area (Å²) in [7, 11) is 0. The van der Waals surface area contributed by atoms with Crippen LogP contribution in [0.25, 0.3) is 0 Å². The second-order valence-corrected chi connectivity index (χ2v) is 0.